The van der Waals surface area contributed by atoms with Gasteiger partial charge in [-0.1, -0.05) is 23.9 Å². The van der Waals surface area contributed by atoms with Crippen molar-refractivity contribution in [2.45, 2.75) is 23.6 Å². The molecule has 0 aliphatic carbocycles. The molecule has 5 nitrogen and oxygen atoms in total. The zero-order chi connectivity index (χ0) is 20.1. The molecule has 6 heteroatoms. The molecular formula is C22H22N2O3S. The second kappa shape index (κ2) is 8.80. The number of likely N-dealkylation sites (N-methyl/N-ethyl adjacent to an activating group) is 1. The molecule has 2 aromatic carbocycles. The van der Waals surface area contributed by atoms with Gasteiger partial charge in [-0.05, 0) is 67.4 Å². The average Bonchev–Trinajstić information content (AvgIpc) is 3.20. The molecule has 0 spiro atoms. The zero-order valence-electron chi connectivity index (χ0n) is 16.1. The van der Waals surface area contributed by atoms with Crippen molar-refractivity contribution in [1.29, 1.82) is 0 Å². The molecule has 0 saturated carbocycles. The van der Waals surface area contributed by atoms with Crippen LogP contribution in [0.15, 0.2) is 75.1 Å². The molecule has 0 atom stereocenters. The van der Waals surface area contributed by atoms with Crippen molar-refractivity contribution in [1.82, 2.24) is 4.90 Å². The van der Waals surface area contributed by atoms with Gasteiger partial charge in [0.25, 0.3) is 5.91 Å². The van der Waals surface area contributed by atoms with Crippen molar-refractivity contribution >= 4 is 29.3 Å². The number of carbonyl (C=O) groups excluding carboxylic acids is 2. The third kappa shape index (κ3) is 5.04. The van der Waals surface area contributed by atoms with Crippen molar-refractivity contribution < 1.29 is 14.0 Å². The fourth-order valence-corrected chi connectivity index (χ4v) is 3.63. The largest absolute Gasteiger partial charge is 0.459 e. The number of furan rings is 1. The molecular weight excluding hydrogens is 372 g/mol. The maximum atomic E-state index is 12.2. The first-order chi connectivity index (χ1) is 13.4. The number of anilines is 1. The minimum absolute atomic E-state index is 0.0570. The van der Waals surface area contributed by atoms with Gasteiger partial charge in [-0.3, -0.25) is 9.59 Å². The number of rotatable bonds is 6. The molecule has 2 amide bonds. The number of benzene rings is 2. The van der Waals surface area contributed by atoms with E-state index in [0.717, 1.165) is 4.90 Å². The van der Waals surface area contributed by atoms with Crippen LogP contribution in [0, 0.1) is 13.8 Å². The normalized spacial score (nSPS) is 10.5. The van der Waals surface area contributed by atoms with E-state index >= 15 is 0 Å². The van der Waals surface area contributed by atoms with Gasteiger partial charge in [0.05, 0.1) is 12.8 Å². The minimum Gasteiger partial charge on any atom is -0.459 e. The highest BCUT2D eigenvalue weighted by molar-refractivity contribution is 7.99. The third-order valence-corrected chi connectivity index (χ3v) is 5.34. The molecule has 0 bridgehead atoms. The second-order valence-electron chi connectivity index (χ2n) is 6.58. The Morgan fingerprint density at radius 3 is 2.50 bits per heavy atom. The summed E-state index contributed by atoms with van der Waals surface area (Å²) in [5, 5.41) is 2.81. The maximum Gasteiger partial charge on any atom is 0.289 e. The van der Waals surface area contributed by atoms with Crippen LogP contribution >= 0.6 is 11.8 Å². The average molecular weight is 394 g/mol. The third-order valence-electron chi connectivity index (χ3n) is 4.17. The van der Waals surface area contributed by atoms with Crippen LogP contribution < -0.4 is 5.32 Å². The molecule has 28 heavy (non-hydrogen) atoms. The monoisotopic (exact) mass is 394 g/mol. The van der Waals surface area contributed by atoms with Crippen molar-refractivity contribution in [2.75, 3.05) is 18.9 Å². The molecule has 0 aliphatic rings. The van der Waals surface area contributed by atoms with E-state index in [-0.39, 0.29) is 24.1 Å². The van der Waals surface area contributed by atoms with Gasteiger partial charge < -0.3 is 14.6 Å². The second-order valence-corrected chi connectivity index (χ2v) is 7.70. The highest BCUT2D eigenvalue weighted by atomic mass is 32.2. The van der Waals surface area contributed by atoms with Crippen molar-refractivity contribution in [3.63, 3.8) is 0 Å². The zero-order valence-corrected chi connectivity index (χ0v) is 16.9. The fourth-order valence-electron chi connectivity index (χ4n) is 2.63. The van der Waals surface area contributed by atoms with Crippen LogP contribution in [0.2, 0.25) is 0 Å². The Morgan fingerprint density at radius 1 is 1.07 bits per heavy atom. The molecule has 0 radical (unpaired) electrons. The van der Waals surface area contributed by atoms with E-state index in [2.05, 4.69) is 37.4 Å². The number of nitrogens with zero attached hydrogens (tertiary/aromatic N) is 1. The number of hydrogen-bond donors (Lipinski definition) is 1. The van der Waals surface area contributed by atoms with E-state index in [9.17, 15) is 9.59 Å². The Labute approximate surface area is 168 Å². The van der Waals surface area contributed by atoms with Gasteiger partial charge in [-0.25, -0.2) is 0 Å². The van der Waals surface area contributed by atoms with Gasteiger partial charge in [0.2, 0.25) is 5.91 Å². The smallest absolute Gasteiger partial charge is 0.289 e. The van der Waals surface area contributed by atoms with Crippen LogP contribution in [-0.2, 0) is 4.79 Å². The quantitative estimate of drug-likeness (QED) is 0.655. The topological polar surface area (TPSA) is 62.6 Å². The van der Waals surface area contributed by atoms with Gasteiger partial charge in [-0.2, -0.15) is 0 Å². The Morgan fingerprint density at radius 2 is 1.82 bits per heavy atom. The predicted molar refractivity (Wildman–Crippen MR) is 111 cm³/mol. The Bertz CT molecular complexity index is 966. The molecule has 3 rings (SSSR count). The minimum atomic E-state index is -0.333. The van der Waals surface area contributed by atoms with Gasteiger partial charge in [-0.15, -0.1) is 0 Å². The summed E-state index contributed by atoms with van der Waals surface area (Å²) in [6.07, 6.45) is 1.43. The van der Waals surface area contributed by atoms with Crippen LogP contribution in [0.5, 0.6) is 0 Å². The summed E-state index contributed by atoms with van der Waals surface area (Å²) in [6, 6.07) is 17.3. The number of carbonyl (C=O) groups is 2. The number of hydrogen-bond acceptors (Lipinski definition) is 4. The predicted octanol–water partition coefficient (Wildman–Crippen LogP) is 4.76. The van der Waals surface area contributed by atoms with Gasteiger partial charge in [0, 0.05) is 22.5 Å². The van der Waals surface area contributed by atoms with E-state index in [1.807, 2.05) is 24.3 Å². The summed E-state index contributed by atoms with van der Waals surface area (Å²) < 4.78 is 5.07. The first kappa shape index (κ1) is 19.8. The summed E-state index contributed by atoms with van der Waals surface area (Å²) >= 11 is 1.69. The number of nitrogens with one attached hydrogen (secondary N) is 1. The van der Waals surface area contributed by atoms with Crippen LogP contribution in [0.25, 0.3) is 0 Å². The molecule has 0 saturated heterocycles. The van der Waals surface area contributed by atoms with E-state index in [1.54, 1.807) is 30.9 Å². The molecule has 0 fully saturated rings. The molecule has 1 aromatic heterocycles. The Balaban J connectivity index is 1.57. The van der Waals surface area contributed by atoms with Crippen LogP contribution in [0.1, 0.15) is 21.7 Å². The summed E-state index contributed by atoms with van der Waals surface area (Å²) in [6.45, 7) is 4.12. The lowest BCUT2D eigenvalue weighted by atomic mass is 10.2. The molecule has 1 heterocycles. The lowest BCUT2D eigenvalue weighted by Gasteiger charge is -2.15. The van der Waals surface area contributed by atoms with Crippen LogP contribution in [-0.4, -0.2) is 30.3 Å². The van der Waals surface area contributed by atoms with E-state index < -0.39 is 0 Å². The van der Waals surface area contributed by atoms with Crippen LogP contribution in [0.4, 0.5) is 5.69 Å². The molecule has 1 N–H and O–H groups in total. The fraction of sp³-hybridized carbons (Fsp3) is 0.182. The highest BCUT2D eigenvalue weighted by Crippen LogP contribution is 2.31. The SMILES string of the molecule is Cc1ccc(C)c(Sc2ccc(NC(=O)CN(C)C(=O)c3ccco3)cc2)c1. The van der Waals surface area contributed by atoms with E-state index in [4.69, 9.17) is 4.42 Å². The lowest BCUT2D eigenvalue weighted by molar-refractivity contribution is -0.116. The Kier molecular flexibility index (Phi) is 6.21. The van der Waals surface area contributed by atoms with Crippen molar-refractivity contribution in [2.24, 2.45) is 0 Å². The Hall–Kier alpha value is -2.99. The number of aryl methyl sites for hydroxylation is 2. The van der Waals surface area contributed by atoms with E-state index in [0.29, 0.717) is 5.69 Å². The van der Waals surface area contributed by atoms with Crippen molar-refractivity contribution in [3.8, 4) is 0 Å². The summed E-state index contributed by atoms with van der Waals surface area (Å²) in [5.41, 5.74) is 3.15. The highest BCUT2D eigenvalue weighted by Gasteiger charge is 2.17. The summed E-state index contributed by atoms with van der Waals surface area (Å²) in [7, 11) is 1.56. The molecule has 144 valence electrons. The van der Waals surface area contributed by atoms with E-state index in [1.165, 1.54) is 27.2 Å². The summed E-state index contributed by atoms with van der Waals surface area (Å²) in [5.74, 6) is -0.388. The van der Waals surface area contributed by atoms with Gasteiger partial charge in [0.1, 0.15) is 0 Å². The van der Waals surface area contributed by atoms with Gasteiger partial charge in [0.15, 0.2) is 5.76 Å². The molecule has 0 aliphatic heterocycles. The maximum absolute atomic E-state index is 12.2. The molecule has 0 unspecified atom stereocenters. The van der Waals surface area contributed by atoms with Gasteiger partial charge >= 0.3 is 0 Å². The molecule has 3 aromatic rings. The van der Waals surface area contributed by atoms with Crippen molar-refractivity contribution in [3.05, 3.63) is 77.7 Å². The van der Waals surface area contributed by atoms with Crippen LogP contribution in [0.3, 0.4) is 0 Å². The first-order valence-corrected chi connectivity index (χ1v) is 9.68. The lowest BCUT2D eigenvalue weighted by Crippen LogP contribution is -2.34. The standard InChI is InChI=1S/C22H22N2O3S/c1-15-6-7-16(2)20(13-15)28-18-10-8-17(9-11-18)23-21(25)14-24(3)22(26)19-5-4-12-27-19/h4-13H,14H2,1-3H3,(H,23,25). The summed E-state index contributed by atoms with van der Waals surface area (Å²) in [4.78, 5) is 28.0. The number of amides is 2. The first-order valence-electron chi connectivity index (χ1n) is 8.86.